The Labute approximate surface area is 271 Å². The van der Waals surface area contributed by atoms with Gasteiger partial charge in [-0.05, 0) is 71.3 Å². The van der Waals surface area contributed by atoms with Crippen LogP contribution in [0.3, 0.4) is 0 Å². The van der Waals surface area contributed by atoms with Crippen LogP contribution < -0.4 is 4.90 Å². The molecule has 47 heavy (non-hydrogen) atoms. The number of hydrogen-bond donors (Lipinski definition) is 0. The van der Waals surface area contributed by atoms with E-state index in [-0.39, 0.29) is 0 Å². The average Bonchev–Trinajstić information content (AvgIpc) is 3.74. The Bertz CT molecular complexity index is 2480. The molecule has 9 aromatic rings. The van der Waals surface area contributed by atoms with E-state index in [2.05, 4.69) is 108 Å². The normalized spacial score (nSPS) is 11.4. The van der Waals surface area contributed by atoms with Crippen molar-refractivity contribution in [2.75, 3.05) is 4.90 Å². The summed E-state index contributed by atoms with van der Waals surface area (Å²) in [5.74, 6) is 0.588. The van der Waals surface area contributed by atoms with Gasteiger partial charge in [-0.25, -0.2) is 4.98 Å². The van der Waals surface area contributed by atoms with Crippen LogP contribution in [-0.2, 0) is 0 Å². The van der Waals surface area contributed by atoms with E-state index in [1.165, 1.54) is 11.1 Å². The highest BCUT2D eigenvalue weighted by molar-refractivity contribution is 6.19. The maximum atomic E-state index is 6.57. The van der Waals surface area contributed by atoms with Crippen LogP contribution in [0.15, 0.2) is 179 Å². The van der Waals surface area contributed by atoms with Crippen molar-refractivity contribution in [1.82, 2.24) is 4.98 Å². The van der Waals surface area contributed by atoms with Crippen LogP contribution in [0.25, 0.3) is 66.7 Å². The van der Waals surface area contributed by atoms with Crippen molar-refractivity contribution in [2.45, 2.75) is 0 Å². The second kappa shape index (κ2) is 11.2. The van der Waals surface area contributed by atoms with Gasteiger partial charge in [0.15, 0.2) is 5.58 Å². The summed E-state index contributed by atoms with van der Waals surface area (Å²) in [6.45, 7) is 0. The summed E-state index contributed by atoms with van der Waals surface area (Å²) >= 11 is 0. The molecule has 0 spiro atoms. The average molecular weight is 605 g/mol. The molecule has 0 saturated heterocycles. The lowest BCUT2D eigenvalue weighted by atomic mass is 9.97. The number of aromatic nitrogens is 1. The van der Waals surface area contributed by atoms with E-state index in [1.54, 1.807) is 0 Å². The Balaban J connectivity index is 1.19. The minimum atomic E-state index is 0.588. The largest absolute Gasteiger partial charge is 0.456 e. The molecule has 4 heteroatoms. The highest BCUT2D eigenvalue weighted by atomic mass is 16.4. The molecule has 0 aliphatic heterocycles. The van der Waals surface area contributed by atoms with Crippen LogP contribution in [0.4, 0.5) is 17.1 Å². The van der Waals surface area contributed by atoms with Crippen LogP contribution in [0.5, 0.6) is 0 Å². The van der Waals surface area contributed by atoms with Gasteiger partial charge >= 0.3 is 0 Å². The van der Waals surface area contributed by atoms with E-state index in [4.69, 9.17) is 13.8 Å². The summed E-state index contributed by atoms with van der Waals surface area (Å²) in [5.41, 5.74) is 11.7. The molecule has 2 heterocycles. The molecule has 0 radical (unpaired) electrons. The second-order valence-electron chi connectivity index (χ2n) is 11.6. The van der Waals surface area contributed by atoms with Gasteiger partial charge in [-0.2, -0.15) is 0 Å². The standard InChI is InChI=1S/C43H28N2O2/c1-4-12-29(13-5-1)30-20-24-34(25-21-30)45(33-16-8-3-9-17-33)35-26-22-31(23-27-35)40-41-36-18-10-11-19-38(36)46-39(41)28-37-42(40)47-43(44-37)32-14-6-2-7-15-32/h1-28H. The summed E-state index contributed by atoms with van der Waals surface area (Å²) in [5, 5.41) is 2.07. The Morgan fingerprint density at radius 3 is 1.64 bits per heavy atom. The van der Waals surface area contributed by atoms with Crippen molar-refractivity contribution >= 4 is 50.1 Å². The van der Waals surface area contributed by atoms with Crippen molar-refractivity contribution in [2.24, 2.45) is 0 Å². The van der Waals surface area contributed by atoms with Crippen molar-refractivity contribution in [1.29, 1.82) is 0 Å². The van der Waals surface area contributed by atoms with Crippen LogP contribution >= 0.6 is 0 Å². The zero-order valence-corrected chi connectivity index (χ0v) is 25.4. The van der Waals surface area contributed by atoms with Crippen molar-refractivity contribution in [3.8, 4) is 33.7 Å². The fourth-order valence-corrected chi connectivity index (χ4v) is 6.49. The molecule has 0 aliphatic rings. The minimum absolute atomic E-state index is 0.588. The lowest BCUT2D eigenvalue weighted by molar-refractivity contribution is 0.621. The van der Waals surface area contributed by atoms with Gasteiger partial charge < -0.3 is 13.7 Å². The summed E-state index contributed by atoms with van der Waals surface area (Å²) in [7, 11) is 0. The molecule has 0 atom stereocenters. The number of furan rings is 1. The predicted octanol–water partition coefficient (Wildman–Crippen LogP) is 12.2. The number of rotatable bonds is 6. The third-order valence-electron chi connectivity index (χ3n) is 8.70. The summed E-state index contributed by atoms with van der Waals surface area (Å²) in [6.07, 6.45) is 0. The van der Waals surface area contributed by atoms with Crippen LogP contribution in [0.1, 0.15) is 0 Å². The number of benzene rings is 7. The lowest BCUT2D eigenvalue weighted by Gasteiger charge is -2.26. The molecule has 0 bridgehead atoms. The van der Waals surface area contributed by atoms with Crippen LogP contribution in [0.2, 0.25) is 0 Å². The molecule has 0 unspecified atom stereocenters. The minimum Gasteiger partial charge on any atom is -0.456 e. The number of hydrogen-bond acceptors (Lipinski definition) is 4. The Kier molecular flexibility index (Phi) is 6.43. The Hall–Kier alpha value is -6.39. The van der Waals surface area contributed by atoms with E-state index >= 15 is 0 Å². The number of oxazole rings is 1. The fraction of sp³-hybridized carbons (Fsp3) is 0. The fourth-order valence-electron chi connectivity index (χ4n) is 6.49. The van der Waals surface area contributed by atoms with E-state index in [1.807, 2.05) is 66.7 Å². The summed E-state index contributed by atoms with van der Waals surface area (Å²) in [4.78, 5) is 7.19. The first-order chi connectivity index (χ1) is 23.3. The maximum absolute atomic E-state index is 6.57. The highest BCUT2D eigenvalue weighted by Gasteiger charge is 2.22. The Morgan fingerprint density at radius 2 is 0.957 bits per heavy atom. The first kappa shape index (κ1) is 27.0. The molecule has 9 rings (SSSR count). The molecule has 4 nitrogen and oxygen atoms in total. The number of anilines is 3. The number of para-hydroxylation sites is 2. The SMILES string of the molecule is c1ccc(-c2ccc(N(c3ccccc3)c3ccc(-c4c5oc(-c6ccccc6)nc5cc5oc6ccccc6c45)cc3)cc2)cc1. The number of fused-ring (bicyclic) bond motifs is 4. The molecule has 0 saturated carbocycles. The highest BCUT2D eigenvalue weighted by Crippen LogP contribution is 2.44. The molecular formula is C43H28N2O2. The van der Waals surface area contributed by atoms with Gasteiger partial charge in [-0.3, -0.25) is 0 Å². The van der Waals surface area contributed by atoms with Crippen LogP contribution in [0, 0.1) is 0 Å². The molecular weight excluding hydrogens is 576 g/mol. The monoisotopic (exact) mass is 604 g/mol. The molecule has 0 fully saturated rings. The predicted molar refractivity (Wildman–Crippen MR) is 192 cm³/mol. The van der Waals surface area contributed by atoms with Gasteiger partial charge in [0.25, 0.3) is 0 Å². The van der Waals surface area contributed by atoms with Gasteiger partial charge in [0.05, 0.1) is 0 Å². The molecule has 0 aliphatic carbocycles. The van der Waals surface area contributed by atoms with E-state index in [0.717, 1.165) is 66.8 Å². The van der Waals surface area contributed by atoms with Gasteiger partial charge in [0.1, 0.15) is 16.7 Å². The first-order valence-electron chi connectivity index (χ1n) is 15.7. The zero-order chi connectivity index (χ0) is 31.2. The summed E-state index contributed by atoms with van der Waals surface area (Å²) < 4.78 is 12.9. The van der Waals surface area contributed by atoms with Gasteiger partial charge in [-0.1, -0.05) is 109 Å². The smallest absolute Gasteiger partial charge is 0.227 e. The molecule has 7 aromatic carbocycles. The number of nitrogens with zero attached hydrogens (tertiary/aromatic N) is 2. The molecule has 222 valence electrons. The second-order valence-corrected chi connectivity index (χ2v) is 11.6. The quantitative estimate of drug-likeness (QED) is 0.189. The van der Waals surface area contributed by atoms with Crippen LogP contribution in [-0.4, -0.2) is 4.98 Å². The molecule has 2 aromatic heterocycles. The Morgan fingerprint density at radius 1 is 0.426 bits per heavy atom. The molecule has 0 N–H and O–H groups in total. The van der Waals surface area contributed by atoms with E-state index in [9.17, 15) is 0 Å². The van der Waals surface area contributed by atoms with Gasteiger partial charge in [0.2, 0.25) is 5.89 Å². The van der Waals surface area contributed by atoms with Crippen molar-refractivity contribution in [3.63, 3.8) is 0 Å². The lowest BCUT2D eigenvalue weighted by Crippen LogP contribution is -2.09. The summed E-state index contributed by atoms with van der Waals surface area (Å²) in [6, 6.07) is 58.6. The first-order valence-corrected chi connectivity index (χ1v) is 15.7. The van der Waals surface area contributed by atoms with E-state index < -0.39 is 0 Å². The maximum Gasteiger partial charge on any atom is 0.227 e. The third kappa shape index (κ3) is 4.75. The third-order valence-corrected chi connectivity index (χ3v) is 8.70. The van der Waals surface area contributed by atoms with E-state index in [0.29, 0.717) is 5.89 Å². The molecule has 0 amide bonds. The van der Waals surface area contributed by atoms with Gasteiger partial charge in [0, 0.05) is 45.0 Å². The van der Waals surface area contributed by atoms with Crippen molar-refractivity contribution < 1.29 is 8.83 Å². The van der Waals surface area contributed by atoms with Crippen molar-refractivity contribution in [3.05, 3.63) is 170 Å². The topological polar surface area (TPSA) is 42.4 Å². The van der Waals surface area contributed by atoms with Gasteiger partial charge in [-0.15, -0.1) is 0 Å². The zero-order valence-electron chi connectivity index (χ0n) is 25.4.